The van der Waals surface area contributed by atoms with Crippen LogP contribution in [0.3, 0.4) is 0 Å². The minimum atomic E-state index is -3.41. The summed E-state index contributed by atoms with van der Waals surface area (Å²) in [5.41, 5.74) is -1.10. The molecule has 0 saturated carbocycles. The first-order valence-corrected chi connectivity index (χ1v) is 4.22. The molecule has 2 radical (unpaired) electrons. The van der Waals surface area contributed by atoms with Crippen LogP contribution in [0.15, 0.2) is 0 Å². The van der Waals surface area contributed by atoms with Crippen LogP contribution in [0.2, 0.25) is 0 Å². The fourth-order valence-corrected chi connectivity index (χ4v) is 1.17. The van der Waals surface area contributed by atoms with Gasteiger partial charge in [-0.2, -0.15) is 8.42 Å². The summed E-state index contributed by atoms with van der Waals surface area (Å²) >= 11 is 0. The molecule has 0 atom stereocenters. The van der Waals surface area contributed by atoms with Crippen molar-refractivity contribution in [3.63, 3.8) is 0 Å². The Morgan fingerprint density at radius 1 is 1.44 bits per heavy atom. The molecule has 3 nitrogen and oxygen atoms in total. The number of rotatable bonds is 2. The highest BCUT2D eigenvalue weighted by Crippen LogP contribution is 2.05. The maximum Gasteiger partial charge on any atom is 0.264 e. The third kappa shape index (κ3) is 7.97. The molecule has 0 aliphatic carbocycles. The van der Waals surface area contributed by atoms with Crippen LogP contribution in [0.4, 0.5) is 0 Å². The summed E-state index contributed by atoms with van der Waals surface area (Å²) in [5, 5.41) is 0. The maximum atomic E-state index is 10.3. The van der Waals surface area contributed by atoms with E-state index in [1.807, 2.05) is 0 Å². The second-order valence-corrected chi connectivity index (χ2v) is 3.97. The minimum absolute atomic E-state index is 0.960. The molecular weight excluding hydrogens is 139 g/mol. The van der Waals surface area contributed by atoms with Gasteiger partial charge in [0.05, 0.1) is 6.26 Å². The summed E-state index contributed by atoms with van der Waals surface area (Å²) in [7, 11) is 1.81. The van der Waals surface area contributed by atoms with Crippen LogP contribution in [0.5, 0.6) is 0 Å². The molecule has 52 valence electrons. The van der Waals surface area contributed by atoms with E-state index in [1.54, 1.807) is 0 Å². The zero-order valence-corrected chi connectivity index (χ0v) is 6.53. The fourth-order valence-electron chi connectivity index (χ4n) is 0.390. The van der Waals surface area contributed by atoms with Gasteiger partial charge < -0.3 is 0 Å². The standard InChI is InChI=1S/C4H9BO3S/c1-4(2,5)8-9(3,6)7/h1-3H3. The lowest BCUT2D eigenvalue weighted by atomic mass is 9.86. The van der Waals surface area contributed by atoms with Gasteiger partial charge in [-0.3, -0.25) is 4.18 Å². The zero-order valence-electron chi connectivity index (χ0n) is 5.71. The van der Waals surface area contributed by atoms with E-state index in [2.05, 4.69) is 4.18 Å². The summed E-state index contributed by atoms with van der Waals surface area (Å²) in [6.07, 6.45) is 0.960. The summed E-state index contributed by atoms with van der Waals surface area (Å²) < 4.78 is 25.1. The molecule has 0 aromatic carbocycles. The van der Waals surface area contributed by atoms with Crippen LogP contribution in [0.25, 0.3) is 0 Å². The Hall–Kier alpha value is -0.0251. The van der Waals surface area contributed by atoms with Gasteiger partial charge in [-0.25, -0.2) is 0 Å². The van der Waals surface area contributed by atoms with E-state index in [1.165, 1.54) is 13.8 Å². The van der Waals surface area contributed by atoms with Gasteiger partial charge in [0.25, 0.3) is 10.1 Å². The van der Waals surface area contributed by atoms with Gasteiger partial charge in [-0.1, -0.05) is 0 Å². The van der Waals surface area contributed by atoms with Crippen LogP contribution in [0, 0.1) is 0 Å². The van der Waals surface area contributed by atoms with Crippen molar-refractivity contribution in [2.45, 2.75) is 19.3 Å². The van der Waals surface area contributed by atoms with Crippen molar-refractivity contribution in [2.75, 3.05) is 6.26 Å². The quantitative estimate of drug-likeness (QED) is 0.404. The normalized spacial score (nSPS) is 13.7. The van der Waals surface area contributed by atoms with Crippen molar-refractivity contribution in [3.8, 4) is 0 Å². The Labute approximate surface area is 56.9 Å². The molecule has 0 amide bonds. The second-order valence-electron chi connectivity index (χ2n) is 2.39. The molecule has 0 saturated heterocycles. The van der Waals surface area contributed by atoms with E-state index in [4.69, 9.17) is 7.85 Å². The lowest BCUT2D eigenvalue weighted by Crippen LogP contribution is -2.27. The highest BCUT2D eigenvalue weighted by molar-refractivity contribution is 7.86. The Morgan fingerprint density at radius 3 is 1.78 bits per heavy atom. The van der Waals surface area contributed by atoms with Crippen LogP contribution >= 0.6 is 0 Å². The lowest BCUT2D eigenvalue weighted by Gasteiger charge is -2.16. The second kappa shape index (κ2) is 2.30. The Kier molecular flexibility index (Phi) is 2.30. The maximum absolute atomic E-state index is 10.3. The third-order valence-electron chi connectivity index (χ3n) is 0.366. The van der Waals surface area contributed by atoms with E-state index in [9.17, 15) is 8.42 Å². The van der Waals surface area contributed by atoms with Gasteiger partial charge in [0.2, 0.25) is 0 Å². The van der Waals surface area contributed by atoms with E-state index >= 15 is 0 Å². The molecule has 0 heterocycles. The van der Waals surface area contributed by atoms with Crippen molar-refractivity contribution in [3.05, 3.63) is 0 Å². The van der Waals surface area contributed by atoms with E-state index in [-0.39, 0.29) is 0 Å². The lowest BCUT2D eigenvalue weighted by molar-refractivity contribution is 0.208. The molecular formula is C4H9BO3S. The summed E-state index contributed by atoms with van der Waals surface area (Å²) in [5.74, 6) is 0. The topological polar surface area (TPSA) is 43.4 Å². The molecule has 0 aromatic heterocycles. The number of hydrogen-bond donors (Lipinski definition) is 0. The molecule has 0 aliphatic heterocycles. The van der Waals surface area contributed by atoms with Gasteiger partial charge in [0, 0.05) is 5.50 Å². The van der Waals surface area contributed by atoms with Gasteiger partial charge in [-0.05, 0) is 13.8 Å². The van der Waals surface area contributed by atoms with Crippen molar-refractivity contribution < 1.29 is 12.6 Å². The van der Waals surface area contributed by atoms with Crippen molar-refractivity contribution in [1.29, 1.82) is 0 Å². The Balaban J connectivity index is 4.07. The highest BCUT2D eigenvalue weighted by atomic mass is 32.2. The first-order valence-electron chi connectivity index (χ1n) is 2.40. The summed E-state index contributed by atoms with van der Waals surface area (Å²) in [6.45, 7) is 2.93. The van der Waals surface area contributed by atoms with Crippen LogP contribution in [0.1, 0.15) is 13.8 Å². The molecule has 0 N–H and O–H groups in total. The molecule has 0 fully saturated rings. The van der Waals surface area contributed by atoms with E-state index in [0.29, 0.717) is 0 Å². The van der Waals surface area contributed by atoms with Crippen molar-refractivity contribution in [2.24, 2.45) is 0 Å². The average Bonchev–Trinajstić information content (AvgIpc) is 1.14. The summed E-state index contributed by atoms with van der Waals surface area (Å²) in [4.78, 5) is 0. The van der Waals surface area contributed by atoms with E-state index < -0.39 is 15.6 Å². The monoisotopic (exact) mass is 148 g/mol. The minimum Gasteiger partial charge on any atom is -0.274 e. The Bertz CT molecular complexity index is 176. The molecule has 0 unspecified atom stereocenters. The smallest absolute Gasteiger partial charge is 0.264 e. The van der Waals surface area contributed by atoms with Crippen molar-refractivity contribution in [1.82, 2.24) is 0 Å². The fraction of sp³-hybridized carbons (Fsp3) is 1.00. The molecule has 0 spiro atoms. The highest BCUT2D eigenvalue weighted by Gasteiger charge is 2.16. The largest absolute Gasteiger partial charge is 0.274 e. The van der Waals surface area contributed by atoms with Crippen LogP contribution in [-0.4, -0.2) is 28.0 Å². The Morgan fingerprint density at radius 2 is 1.78 bits per heavy atom. The molecule has 9 heavy (non-hydrogen) atoms. The predicted molar refractivity (Wildman–Crippen MR) is 35.8 cm³/mol. The first-order chi connectivity index (χ1) is 3.71. The molecule has 0 aliphatic rings. The first kappa shape index (κ1) is 8.97. The zero-order chi connectivity index (χ0) is 7.71. The van der Waals surface area contributed by atoms with Crippen molar-refractivity contribution >= 4 is 18.0 Å². The summed E-state index contributed by atoms with van der Waals surface area (Å²) in [6, 6.07) is 0. The molecule has 0 bridgehead atoms. The molecule has 0 aromatic rings. The third-order valence-corrected chi connectivity index (χ3v) is 1.10. The SMILES string of the molecule is [B]C(C)(C)OS(C)(=O)=O. The van der Waals surface area contributed by atoms with Gasteiger partial charge >= 0.3 is 0 Å². The van der Waals surface area contributed by atoms with Gasteiger partial charge in [-0.15, -0.1) is 0 Å². The molecule has 0 rings (SSSR count). The van der Waals surface area contributed by atoms with Gasteiger partial charge in [0.15, 0.2) is 0 Å². The predicted octanol–water partition coefficient (Wildman–Crippen LogP) is -0.133. The van der Waals surface area contributed by atoms with Gasteiger partial charge in [0.1, 0.15) is 7.85 Å². The van der Waals surface area contributed by atoms with Crippen LogP contribution in [-0.2, 0) is 14.3 Å². The van der Waals surface area contributed by atoms with Crippen LogP contribution < -0.4 is 0 Å². The number of hydrogen-bond acceptors (Lipinski definition) is 3. The van der Waals surface area contributed by atoms with E-state index in [0.717, 1.165) is 6.26 Å². The molecule has 5 heteroatoms. The average molecular weight is 148 g/mol.